The van der Waals surface area contributed by atoms with E-state index in [0.29, 0.717) is 23.7 Å². The lowest BCUT2D eigenvalue weighted by Crippen LogP contribution is -2.23. The molecule has 27 heavy (non-hydrogen) atoms. The van der Waals surface area contributed by atoms with E-state index in [2.05, 4.69) is 30.6 Å². The second-order valence-corrected chi connectivity index (χ2v) is 8.99. The Morgan fingerprint density at radius 1 is 1.15 bits per heavy atom. The van der Waals surface area contributed by atoms with Crippen LogP contribution in [0.1, 0.15) is 47.3 Å². The normalized spacial score (nSPS) is 19.3. The van der Waals surface area contributed by atoms with Crippen molar-refractivity contribution in [1.29, 1.82) is 0 Å². The highest BCUT2D eigenvalue weighted by atomic mass is 31.1. The Balaban J connectivity index is 0.000000855. The summed E-state index contributed by atoms with van der Waals surface area (Å²) >= 11 is 0. The summed E-state index contributed by atoms with van der Waals surface area (Å²) in [7, 11) is 0.0242. The lowest BCUT2D eigenvalue weighted by atomic mass is 10.1. The Bertz CT molecular complexity index is 691. The average Bonchev–Trinajstić information content (AvgIpc) is 3.28. The van der Waals surface area contributed by atoms with E-state index in [1.807, 2.05) is 33.8 Å². The zero-order valence-electron chi connectivity index (χ0n) is 17.6. The van der Waals surface area contributed by atoms with E-state index >= 15 is 0 Å². The van der Waals surface area contributed by atoms with Crippen molar-refractivity contribution in [2.45, 2.75) is 53.7 Å². The molecule has 1 aliphatic rings. The Morgan fingerprint density at radius 2 is 1.81 bits per heavy atom. The van der Waals surface area contributed by atoms with Gasteiger partial charge in [-0.1, -0.05) is 54.6 Å². The molecule has 2 heterocycles. The van der Waals surface area contributed by atoms with Crippen LogP contribution in [0.15, 0.2) is 28.8 Å². The van der Waals surface area contributed by atoms with Crippen LogP contribution < -0.4 is 0 Å². The van der Waals surface area contributed by atoms with Crippen LogP contribution in [-0.2, 0) is 6.54 Å². The van der Waals surface area contributed by atoms with E-state index in [1.165, 1.54) is 6.07 Å². The molecule has 1 aliphatic heterocycles. The quantitative estimate of drug-likeness (QED) is 0.545. The molecule has 0 bridgehead atoms. The fourth-order valence-corrected chi connectivity index (χ4v) is 5.70. The first-order valence-electron chi connectivity index (χ1n) is 9.77. The number of halogens is 2. The van der Waals surface area contributed by atoms with Gasteiger partial charge in [0.15, 0.2) is 17.4 Å². The molecule has 0 N–H and O–H groups in total. The van der Waals surface area contributed by atoms with Crippen molar-refractivity contribution in [2.24, 2.45) is 5.92 Å². The van der Waals surface area contributed by atoms with Crippen LogP contribution in [-0.4, -0.2) is 35.2 Å². The summed E-state index contributed by atoms with van der Waals surface area (Å²) in [5, 5.41) is 3.99. The monoisotopic (exact) mass is 398 g/mol. The minimum atomic E-state index is -0.872. The van der Waals surface area contributed by atoms with Crippen LogP contribution in [0.2, 0.25) is 0 Å². The van der Waals surface area contributed by atoms with Gasteiger partial charge in [0.2, 0.25) is 0 Å². The van der Waals surface area contributed by atoms with Gasteiger partial charge in [0.05, 0.1) is 6.54 Å². The summed E-state index contributed by atoms with van der Waals surface area (Å²) in [6.45, 7) is 16.7. The zero-order valence-corrected chi connectivity index (χ0v) is 18.5. The molecule has 0 spiro atoms. The molecule has 1 fully saturated rings. The van der Waals surface area contributed by atoms with Gasteiger partial charge in [0.1, 0.15) is 5.69 Å². The third kappa shape index (κ3) is 6.36. The third-order valence-corrected chi connectivity index (χ3v) is 7.10. The summed E-state index contributed by atoms with van der Waals surface area (Å²) in [5.74, 6) is -0.269. The molecule has 2 aromatic rings. The predicted molar refractivity (Wildman–Crippen MR) is 111 cm³/mol. The predicted octanol–water partition coefficient (Wildman–Crippen LogP) is 6.58. The van der Waals surface area contributed by atoms with Gasteiger partial charge >= 0.3 is 0 Å². The number of rotatable bonds is 4. The third-order valence-electron chi connectivity index (χ3n) is 4.36. The van der Waals surface area contributed by atoms with Crippen molar-refractivity contribution in [2.75, 3.05) is 19.5 Å². The Kier molecular flexibility index (Phi) is 10.1. The highest BCUT2D eigenvalue weighted by molar-refractivity contribution is 7.57. The Morgan fingerprint density at radius 3 is 2.37 bits per heavy atom. The van der Waals surface area contributed by atoms with Gasteiger partial charge < -0.3 is 4.52 Å². The van der Waals surface area contributed by atoms with Crippen molar-refractivity contribution in [3.63, 3.8) is 0 Å². The first-order valence-corrected chi connectivity index (χ1v) is 11.8. The molecular weight excluding hydrogens is 365 g/mol. The standard InChI is InChI=1S/C17H21F2N2OP.2C2H6/c1-11(2)17-9-21(10-23(17)3)8-13-7-16(20-22-13)12-4-5-14(18)15(19)6-12;2*1-2/h4-7,11,17H,8-10H2,1-3H3;2*1-2H3. The van der Waals surface area contributed by atoms with E-state index in [-0.39, 0.29) is 7.92 Å². The van der Waals surface area contributed by atoms with Gasteiger partial charge in [-0.2, -0.15) is 0 Å². The van der Waals surface area contributed by atoms with Crippen LogP contribution in [0, 0.1) is 17.6 Å². The molecule has 1 saturated heterocycles. The molecule has 1 aromatic heterocycles. The molecule has 0 radical (unpaired) electrons. The van der Waals surface area contributed by atoms with Gasteiger partial charge in [0, 0.05) is 24.5 Å². The second kappa shape index (κ2) is 11.5. The SMILES string of the molecule is CC.CC.CC(C)C1CN(Cc2cc(-c3ccc(F)c(F)c3)no2)CP1C. The topological polar surface area (TPSA) is 29.3 Å². The molecule has 3 rings (SSSR count). The average molecular weight is 398 g/mol. The van der Waals surface area contributed by atoms with Crippen LogP contribution in [0.25, 0.3) is 11.3 Å². The summed E-state index contributed by atoms with van der Waals surface area (Å²) in [6, 6.07) is 5.58. The number of hydrogen-bond acceptors (Lipinski definition) is 3. The van der Waals surface area contributed by atoms with Gasteiger partial charge in [-0.05, 0) is 36.4 Å². The first-order chi connectivity index (χ1) is 12.9. The number of benzene rings is 1. The largest absolute Gasteiger partial charge is 0.359 e. The molecule has 0 saturated carbocycles. The van der Waals surface area contributed by atoms with Gasteiger partial charge in [-0.3, -0.25) is 4.90 Å². The van der Waals surface area contributed by atoms with E-state index < -0.39 is 11.6 Å². The fourth-order valence-electron chi connectivity index (χ4n) is 3.12. The van der Waals surface area contributed by atoms with Crippen molar-refractivity contribution in [3.8, 4) is 11.3 Å². The number of hydrogen-bond donors (Lipinski definition) is 0. The minimum absolute atomic E-state index is 0.0242. The smallest absolute Gasteiger partial charge is 0.159 e. The fraction of sp³-hybridized carbons (Fsp3) is 0.571. The molecule has 6 heteroatoms. The van der Waals surface area contributed by atoms with E-state index in [1.54, 1.807) is 0 Å². The summed E-state index contributed by atoms with van der Waals surface area (Å²) in [6.07, 6.45) is 1.11. The molecule has 0 aliphatic carbocycles. The van der Waals surface area contributed by atoms with Crippen molar-refractivity contribution >= 4 is 7.92 Å². The van der Waals surface area contributed by atoms with Gasteiger partial charge in [-0.15, -0.1) is 0 Å². The van der Waals surface area contributed by atoms with Crippen molar-refractivity contribution < 1.29 is 13.3 Å². The van der Waals surface area contributed by atoms with Gasteiger partial charge in [0.25, 0.3) is 0 Å². The van der Waals surface area contributed by atoms with Crippen LogP contribution in [0.4, 0.5) is 8.78 Å². The first kappa shape index (κ1) is 23.7. The molecule has 0 amide bonds. The van der Waals surface area contributed by atoms with E-state index in [9.17, 15) is 8.78 Å². The molecule has 2 atom stereocenters. The Labute approximate surface area is 163 Å². The maximum absolute atomic E-state index is 13.3. The maximum Gasteiger partial charge on any atom is 0.159 e. The molecular formula is C21H33F2N2OP. The minimum Gasteiger partial charge on any atom is -0.359 e. The van der Waals surface area contributed by atoms with Crippen LogP contribution in [0.3, 0.4) is 0 Å². The summed E-state index contributed by atoms with van der Waals surface area (Å²) in [5.41, 5.74) is 1.83. The molecule has 1 aromatic carbocycles. The Hall–Kier alpha value is -1.32. The summed E-state index contributed by atoms with van der Waals surface area (Å²) in [4.78, 5) is 2.39. The number of aromatic nitrogens is 1. The van der Waals surface area contributed by atoms with E-state index in [4.69, 9.17) is 4.52 Å². The molecule has 2 unspecified atom stereocenters. The lowest BCUT2D eigenvalue weighted by Gasteiger charge is -2.18. The summed E-state index contributed by atoms with van der Waals surface area (Å²) < 4.78 is 31.7. The van der Waals surface area contributed by atoms with Crippen LogP contribution >= 0.6 is 7.92 Å². The van der Waals surface area contributed by atoms with Crippen LogP contribution in [0.5, 0.6) is 0 Å². The maximum atomic E-state index is 13.3. The number of nitrogens with zero attached hydrogens (tertiary/aromatic N) is 2. The highest BCUT2D eigenvalue weighted by Crippen LogP contribution is 2.47. The van der Waals surface area contributed by atoms with E-state index in [0.717, 1.165) is 36.4 Å². The molecule has 152 valence electrons. The zero-order chi connectivity index (χ0) is 20.6. The second-order valence-electron chi connectivity index (χ2n) is 6.53. The van der Waals surface area contributed by atoms with Crippen molar-refractivity contribution in [1.82, 2.24) is 10.1 Å². The highest BCUT2D eigenvalue weighted by Gasteiger charge is 2.31. The van der Waals surface area contributed by atoms with Gasteiger partial charge in [-0.25, -0.2) is 8.78 Å². The van der Waals surface area contributed by atoms with Crippen molar-refractivity contribution in [3.05, 3.63) is 41.7 Å². The lowest BCUT2D eigenvalue weighted by molar-refractivity contribution is 0.269. The molecule has 3 nitrogen and oxygen atoms in total.